The summed E-state index contributed by atoms with van der Waals surface area (Å²) in [6.45, 7) is 3.21. The van der Waals surface area contributed by atoms with Crippen LogP contribution in [0.25, 0.3) is 32.2 Å². The second kappa shape index (κ2) is 12.2. The summed E-state index contributed by atoms with van der Waals surface area (Å²) in [5.41, 5.74) is 3.44. The third kappa shape index (κ3) is 5.90. The molecule has 3 aromatic heterocycles. The number of hydrogen-bond acceptors (Lipinski definition) is 7. The Morgan fingerprint density at radius 1 is 1.20 bits per heavy atom. The fourth-order valence-corrected chi connectivity index (χ4v) is 7.80. The van der Waals surface area contributed by atoms with Gasteiger partial charge in [0.2, 0.25) is 0 Å². The lowest BCUT2D eigenvalue weighted by Crippen LogP contribution is -2.38. The van der Waals surface area contributed by atoms with Crippen LogP contribution in [0.3, 0.4) is 0 Å². The van der Waals surface area contributed by atoms with Gasteiger partial charge in [-0.1, -0.05) is 11.6 Å². The molecule has 1 aromatic carbocycles. The number of nitrogens with zero attached hydrogens (tertiary/aromatic N) is 5. The number of thiophene rings is 1. The smallest absolute Gasteiger partial charge is 0.475 e. The SMILES string of the molecule is N#CC1(Cn2ccc3cc(Cl)cc(-c4ccnc5cc(CN6C(=O)[C@H]7CCCN7C6=O)sc45)c32)CCNCC1.O=C(O)C(F)(F)F. The largest absolute Gasteiger partial charge is 0.490 e. The normalized spacial score (nSPS) is 19.3. The van der Waals surface area contributed by atoms with Crippen LogP contribution >= 0.6 is 22.9 Å². The van der Waals surface area contributed by atoms with Gasteiger partial charge in [0.15, 0.2) is 0 Å². The van der Waals surface area contributed by atoms with E-state index in [-0.39, 0.29) is 24.5 Å². The van der Waals surface area contributed by atoms with Crippen molar-refractivity contribution in [3.63, 3.8) is 0 Å². The van der Waals surface area contributed by atoms with Crippen LogP contribution in [0.2, 0.25) is 5.02 Å². The molecule has 0 unspecified atom stereocenters. The summed E-state index contributed by atoms with van der Waals surface area (Å²) >= 11 is 8.17. The van der Waals surface area contributed by atoms with Gasteiger partial charge >= 0.3 is 18.2 Å². The van der Waals surface area contributed by atoms with E-state index >= 15 is 0 Å². The van der Waals surface area contributed by atoms with Crippen LogP contribution < -0.4 is 5.32 Å². The Labute approximate surface area is 269 Å². The van der Waals surface area contributed by atoms with Crippen LogP contribution in [0.5, 0.6) is 0 Å². The van der Waals surface area contributed by atoms with Crippen LogP contribution in [0.4, 0.5) is 18.0 Å². The van der Waals surface area contributed by atoms with E-state index in [4.69, 9.17) is 21.5 Å². The monoisotopic (exact) mass is 672 g/mol. The molecule has 6 heterocycles. The number of benzene rings is 1. The van der Waals surface area contributed by atoms with Gasteiger partial charge in [-0.3, -0.25) is 14.7 Å². The molecule has 3 amide bonds. The molecular formula is C31H28ClF3N6O4S. The topological polar surface area (TPSA) is 132 Å². The molecule has 1 atom stereocenters. The number of carbonyl (C=O) groups is 3. The Morgan fingerprint density at radius 3 is 2.61 bits per heavy atom. The highest BCUT2D eigenvalue weighted by Gasteiger charge is 2.47. The number of carboxylic acids is 1. The van der Waals surface area contributed by atoms with Crippen molar-refractivity contribution in [1.29, 1.82) is 5.26 Å². The summed E-state index contributed by atoms with van der Waals surface area (Å²) in [4.78, 5) is 43.3. The predicted octanol–water partition coefficient (Wildman–Crippen LogP) is 6.02. The molecule has 15 heteroatoms. The van der Waals surface area contributed by atoms with Crippen molar-refractivity contribution in [2.24, 2.45) is 5.41 Å². The molecule has 3 aliphatic heterocycles. The third-order valence-electron chi connectivity index (χ3n) is 8.69. The first kappa shape index (κ1) is 31.8. The first-order valence-corrected chi connectivity index (χ1v) is 15.8. The quantitative estimate of drug-likeness (QED) is 0.248. The van der Waals surface area contributed by atoms with Gasteiger partial charge in [0.05, 0.1) is 33.8 Å². The second-order valence-electron chi connectivity index (χ2n) is 11.6. The van der Waals surface area contributed by atoms with E-state index in [1.807, 2.05) is 24.3 Å². The molecule has 3 fully saturated rings. The highest BCUT2D eigenvalue weighted by atomic mass is 35.5. The molecule has 3 saturated heterocycles. The Bertz CT molecular complexity index is 1870. The fourth-order valence-electron chi connectivity index (χ4n) is 6.45. The number of carbonyl (C=O) groups excluding carboxylic acids is 2. The van der Waals surface area contributed by atoms with Gasteiger partial charge in [0.25, 0.3) is 5.91 Å². The van der Waals surface area contributed by atoms with E-state index < -0.39 is 17.6 Å². The van der Waals surface area contributed by atoms with Gasteiger partial charge < -0.3 is 19.9 Å². The fraction of sp³-hybridized carbons (Fsp3) is 0.387. The molecule has 0 bridgehead atoms. The number of urea groups is 1. The average molecular weight is 673 g/mol. The van der Waals surface area contributed by atoms with E-state index in [2.05, 4.69) is 33.2 Å². The molecule has 0 aliphatic carbocycles. The van der Waals surface area contributed by atoms with Crippen LogP contribution in [0.1, 0.15) is 30.6 Å². The Hall–Kier alpha value is -4.19. The van der Waals surface area contributed by atoms with Crippen LogP contribution in [-0.4, -0.2) is 74.2 Å². The molecule has 2 N–H and O–H groups in total. The van der Waals surface area contributed by atoms with E-state index in [9.17, 15) is 28.0 Å². The summed E-state index contributed by atoms with van der Waals surface area (Å²) in [5.74, 6) is -2.85. The van der Waals surface area contributed by atoms with Crippen LogP contribution in [0.15, 0.2) is 42.7 Å². The predicted molar refractivity (Wildman–Crippen MR) is 165 cm³/mol. The highest BCUT2D eigenvalue weighted by Crippen LogP contribution is 2.41. The first-order valence-electron chi connectivity index (χ1n) is 14.6. The zero-order valence-corrected chi connectivity index (χ0v) is 25.9. The number of fused-ring (bicyclic) bond motifs is 3. The first-order chi connectivity index (χ1) is 21.9. The molecule has 0 saturated carbocycles. The minimum atomic E-state index is -5.08. The number of piperidine rings is 1. The van der Waals surface area contributed by atoms with Crippen LogP contribution in [0, 0.1) is 16.7 Å². The summed E-state index contributed by atoms with van der Waals surface area (Å²) in [7, 11) is 0. The number of pyridine rings is 1. The maximum absolute atomic E-state index is 12.9. The number of aliphatic carboxylic acids is 1. The van der Waals surface area contributed by atoms with Crippen molar-refractivity contribution >= 4 is 62.0 Å². The maximum atomic E-state index is 12.9. The number of rotatable bonds is 5. The van der Waals surface area contributed by atoms with Gasteiger partial charge in [0.1, 0.15) is 6.04 Å². The van der Waals surface area contributed by atoms with Crippen molar-refractivity contribution in [1.82, 2.24) is 24.7 Å². The number of alkyl halides is 3. The molecule has 10 nitrogen and oxygen atoms in total. The van der Waals surface area contributed by atoms with Crippen molar-refractivity contribution < 1.29 is 32.7 Å². The molecule has 3 aliphatic rings. The number of halogens is 4. The standard InChI is InChI=1S/C29H27ClN6O2S.C2HF3O2/c30-19-12-18-4-11-34(17-29(16-31)5-8-32-9-6-29)25(18)22(13-19)21-3-7-33-23-14-20(39-26(21)23)15-36-27(37)24-2-1-10-35(24)28(36)38;3-2(4,5)1(6)7/h3-4,7,11-14,24,32H,1-2,5-6,8-10,15,17H2;(H,6,7)/t24-;/m1./s1. The lowest BCUT2D eigenvalue weighted by atomic mass is 9.80. The minimum Gasteiger partial charge on any atom is -0.475 e. The molecule has 240 valence electrons. The number of aromatic nitrogens is 2. The molecule has 46 heavy (non-hydrogen) atoms. The third-order valence-corrected chi connectivity index (χ3v) is 10.0. The molecule has 0 radical (unpaired) electrons. The molecule has 7 rings (SSSR count). The zero-order chi connectivity index (χ0) is 32.8. The molecule has 0 spiro atoms. The Balaban J connectivity index is 0.000000480. The van der Waals surface area contributed by atoms with Gasteiger partial charge in [-0.05, 0) is 69.1 Å². The summed E-state index contributed by atoms with van der Waals surface area (Å²) < 4.78 is 34.9. The van der Waals surface area contributed by atoms with Crippen molar-refractivity contribution in [2.45, 2.75) is 51.0 Å². The lowest BCUT2D eigenvalue weighted by molar-refractivity contribution is -0.192. The van der Waals surface area contributed by atoms with E-state index in [0.29, 0.717) is 18.1 Å². The van der Waals surface area contributed by atoms with E-state index in [1.54, 1.807) is 22.4 Å². The van der Waals surface area contributed by atoms with Gasteiger partial charge in [0, 0.05) is 51.9 Å². The maximum Gasteiger partial charge on any atom is 0.490 e. The Morgan fingerprint density at radius 2 is 1.93 bits per heavy atom. The number of imide groups is 1. The average Bonchev–Trinajstić information content (AvgIpc) is 3.80. The van der Waals surface area contributed by atoms with Gasteiger partial charge in [-0.15, -0.1) is 11.3 Å². The highest BCUT2D eigenvalue weighted by molar-refractivity contribution is 7.19. The Kier molecular flexibility index (Phi) is 8.43. The van der Waals surface area contributed by atoms with Crippen LogP contribution in [-0.2, 0) is 22.7 Å². The zero-order valence-electron chi connectivity index (χ0n) is 24.3. The molecular weight excluding hydrogens is 645 g/mol. The summed E-state index contributed by atoms with van der Waals surface area (Å²) in [6, 6.07) is 12.1. The van der Waals surface area contributed by atoms with E-state index in [0.717, 1.165) is 75.9 Å². The lowest BCUT2D eigenvalue weighted by Gasteiger charge is -2.32. The van der Waals surface area contributed by atoms with Crippen molar-refractivity contribution in [3.8, 4) is 17.2 Å². The van der Waals surface area contributed by atoms with Crippen molar-refractivity contribution in [3.05, 3.63) is 52.6 Å². The number of nitrogens with one attached hydrogen (secondary N) is 1. The number of carboxylic acid groups (broad SMARTS) is 1. The number of amides is 3. The summed E-state index contributed by atoms with van der Waals surface area (Å²) in [5, 5.41) is 22.3. The van der Waals surface area contributed by atoms with Gasteiger partial charge in [-0.2, -0.15) is 18.4 Å². The molecule has 4 aromatic rings. The van der Waals surface area contributed by atoms with Gasteiger partial charge in [-0.25, -0.2) is 9.59 Å². The van der Waals surface area contributed by atoms with E-state index in [1.165, 1.54) is 4.90 Å². The number of nitriles is 1. The summed E-state index contributed by atoms with van der Waals surface area (Å²) in [6.07, 6.45) is 2.01. The van der Waals surface area contributed by atoms with Crippen molar-refractivity contribution in [2.75, 3.05) is 19.6 Å². The minimum absolute atomic E-state index is 0.0955. The second-order valence-corrected chi connectivity index (χ2v) is 13.2. The number of hydrogen-bond donors (Lipinski definition) is 2.